The van der Waals surface area contributed by atoms with Crippen LogP contribution >= 0.6 is 11.6 Å². The van der Waals surface area contributed by atoms with Gasteiger partial charge < -0.3 is 15.0 Å². The number of nitrogens with zero attached hydrogens (tertiary/aromatic N) is 3. The van der Waals surface area contributed by atoms with Crippen molar-refractivity contribution in [3.05, 3.63) is 70.5 Å². The minimum absolute atomic E-state index is 0.304. The van der Waals surface area contributed by atoms with Crippen LogP contribution in [0.3, 0.4) is 0 Å². The summed E-state index contributed by atoms with van der Waals surface area (Å²) in [6, 6.07) is 14.9. The summed E-state index contributed by atoms with van der Waals surface area (Å²) < 4.78 is 5.14. The molecular weight excluding hydrogens is 376 g/mol. The molecule has 6 nitrogen and oxygen atoms in total. The van der Waals surface area contributed by atoms with Crippen LogP contribution in [-0.4, -0.2) is 29.5 Å². The van der Waals surface area contributed by atoms with Crippen LogP contribution in [-0.2, 0) is 6.42 Å². The van der Waals surface area contributed by atoms with E-state index < -0.39 is 0 Å². The Bertz CT molecular complexity index is 1050. The highest BCUT2D eigenvalue weighted by Crippen LogP contribution is 2.32. The molecule has 1 amide bonds. The maximum Gasteiger partial charge on any atom is 0.274 e. The quantitative estimate of drug-likeness (QED) is 0.710. The van der Waals surface area contributed by atoms with Gasteiger partial charge >= 0.3 is 0 Å². The lowest BCUT2D eigenvalue weighted by Gasteiger charge is -2.18. The molecule has 1 aliphatic heterocycles. The van der Waals surface area contributed by atoms with Crippen LogP contribution in [0.5, 0.6) is 5.75 Å². The van der Waals surface area contributed by atoms with Crippen molar-refractivity contribution in [2.75, 3.05) is 23.9 Å². The number of anilines is 3. The number of hydrogen-bond acceptors (Lipinski definition) is 5. The van der Waals surface area contributed by atoms with Crippen molar-refractivity contribution in [1.82, 2.24) is 9.97 Å². The molecule has 0 saturated heterocycles. The first-order valence-corrected chi connectivity index (χ1v) is 9.29. The highest BCUT2D eigenvalue weighted by Gasteiger charge is 2.23. The second kappa shape index (κ2) is 7.48. The molecule has 7 heteroatoms. The molecule has 28 heavy (non-hydrogen) atoms. The zero-order chi connectivity index (χ0) is 19.7. The lowest BCUT2D eigenvalue weighted by molar-refractivity contribution is 0.102. The molecule has 3 aromatic rings. The second-order valence-corrected chi connectivity index (χ2v) is 6.94. The fourth-order valence-electron chi connectivity index (χ4n) is 3.28. The highest BCUT2D eigenvalue weighted by atomic mass is 35.5. The first kappa shape index (κ1) is 18.3. The lowest BCUT2D eigenvalue weighted by atomic mass is 10.2. The average Bonchev–Trinajstić information content (AvgIpc) is 3.12. The molecular formula is C21H19ClN4O2. The summed E-state index contributed by atoms with van der Waals surface area (Å²) in [6.45, 7) is 2.64. The van der Waals surface area contributed by atoms with Crippen LogP contribution in [0.1, 0.15) is 21.7 Å². The van der Waals surface area contributed by atoms with E-state index in [0.717, 1.165) is 24.3 Å². The predicted molar refractivity (Wildman–Crippen MR) is 110 cm³/mol. The van der Waals surface area contributed by atoms with Crippen molar-refractivity contribution in [3.63, 3.8) is 0 Å². The zero-order valence-corrected chi connectivity index (χ0v) is 16.3. The molecule has 2 aromatic carbocycles. The molecule has 0 radical (unpaired) electrons. The number of aromatic nitrogens is 2. The van der Waals surface area contributed by atoms with E-state index in [9.17, 15) is 4.79 Å². The van der Waals surface area contributed by atoms with Crippen molar-refractivity contribution in [3.8, 4) is 5.75 Å². The van der Waals surface area contributed by atoms with Crippen LogP contribution < -0.4 is 15.0 Å². The van der Waals surface area contributed by atoms with Gasteiger partial charge in [-0.25, -0.2) is 9.97 Å². The monoisotopic (exact) mass is 394 g/mol. The molecule has 0 atom stereocenters. The van der Waals surface area contributed by atoms with Gasteiger partial charge in [0.2, 0.25) is 5.95 Å². The summed E-state index contributed by atoms with van der Waals surface area (Å²) in [5.74, 6) is 0.760. The molecule has 1 aromatic heterocycles. The molecule has 1 aliphatic rings. The summed E-state index contributed by atoms with van der Waals surface area (Å²) in [4.78, 5) is 23.8. The minimum atomic E-state index is -0.319. The van der Waals surface area contributed by atoms with Gasteiger partial charge in [-0.3, -0.25) is 4.79 Å². The standard InChI is InChI=1S/C21H19ClN4O2/c1-13-11-17(20(27)24-15-7-8-19(28-2)16(22)12-15)25-21(23-13)26-10-9-14-5-3-4-6-18(14)26/h3-8,11-12H,9-10H2,1-2H3,(H,24,27). The fraction of sp³-hybridized carbons (Fsp3) is 0.190. The fourth-order valence-corrected chi connectivity index (χ4v) is 3.53. The van der Waals surface area contributed by atoms with Crippen LogP contribution in [0.25, 0.3) is 0 Å². The average molecular weight is 395 g/mol. The number of halogens is 1. The molecule has 0 aliphatic carbocycles. The van der Waals surface area contributed by atoms with Gasteiger partial charge in [0, 0.05) is 23.6 Å². The van der Waals surface area contributed by atoms with Crippen molar-refractivity contribution in [1.29, 1.82) is 0 Å². The number of nitrogens with one attached hydrogen (secondary N) is 1. The van der Waals surface area contributed by atoms with Gasteiger partial charge in [0.1, 0.15) is 11.4 Å². The van der Waals surface area contributed by atoms with E-state index in [1.165, 1.54) is 5.56 Å². The Balaban J connectivity index is 1.61. The Labute approximate surface area is 168 Å². The van der Waals surface area contributed by atoms with E-state index in [1.54, 1.807) is 31.4 Å². The lowest BCUT2D eigenvalue weighted by Crippen LogP contribution is -2.20. The Morgan fingerprint density at radius 3 is 2.79 bits per heavy atom. The highest BCUT2D eigenvalue weighted by molar-refractivity contribution is 6.32. The summed E-state index contributed by atoms with van der Waals surface area (Å²) in [6.07, 6.45) is 0.930. The summed E-state index contributed by atoms with van der Waals surface area (Å²) in [7, 11) is 1.54. The van der Waals surface area contributed by atoms with Gasteiger partial charge in [-0.2, -0.15) is 0 Å². The van der Waals surface area contributed by atoms with Crippen molar-refractivity contribution < 1.29 is 9.53 Å². The molecule has 1 N–H and O–H groups in total. The summed E-state index contributed by atoms with van der Waals surface area (Å²) >= 11 is 6.13. The van der Waals surface area contributed by atoms with Gasteiger partial charge in [-0.05, 0) is 49.2 Å². The smallest absolute Gasteiger partial charge is 0.274 e. The third-order valence-corrected chi connectivity index (χ3v) is 4.91. The molecule has 0 unspecified atom stereocenters. The molecule has 0 fully saturated rings. The van der Waals surface area contributed by atoms with Crippen LogP contribution in [0.4, 0.5) is 17.3 Å². The number of carbonyl (C=O) groups excluding carboxylic acids is 1. The van der Waals surface area contributed by atoms with Crippen molar-refractivity contribution in [2.45, 2.75) is 13.3 Å². The van der Waals surface area contributed by atoms with Crippen LogP contribution in [0.15, 0.2) is 48.5 Å². The Morgan fingerprint density at radius 1 is 1.18 bits per heavy atom. The first-order chi connectivity index (χ1) is 13.5. The second-order valence-electron chi connectivity index (χ2n) is 6.53. The van der Waals surface area contributed by atoms with E-state index in [2.05, 4.69) is 21.4 Å². The maximum atomic E-state index is 12.8. The molecule has 142 valence electrons. The largest absolute Gasteiger partial charge is 0.495 e. The number of benzene rings is 2. The number of carbonyl (C=O) groups is 1. The van der Waals surface area contributed by atoms with E-state index in [4.69, 9.17) is 16.3 Å². The maximum absolute atomic E-state index is 12.8. The van der Waals surface area contributed by atoms with Gasteiger partial charge in [0.05, 0.1) is 12.1 Å². The SMILES string of the molecule is COc1ccc(NC(=O)c2cc(C)nc(N3CCc4ccccc43)n2)cc1Cl. The number of fused-ring (bicyclic) bond motifs is 1. The number of aryl methyl sites for hydroxylation is 1. The topological polar surface area (TPSA) is 67.3 Å². The normalized spacial score (nSPS) is 12.6. The van der Waals surface area contributed by atoms with Gasteiger partial charge in [0.15, 0.2) is 0 Å². The summed E-state index contributed by atoms with van der Waals surface area (Å²) in [5.41, 5.74) is 3.94. The Morgan fingerprint density at radius 2 is 2.00 bits per heavy atom. The Kier molecular flexibility index (Phi) is 4.88. The number of methoxy groups -OCH3 is 1. The van der Waals surface area contributed by atoms with Gasteiger partial charge in [0.25, 0.3) is 5.91 Å². The van der Waals surface area contributed by atoms with Gasteiger partial charge in [-0.1, -0.05) is 29.8 Å². The van der Waals surface area contributed by atoms with Crippen LogP contribution in [0.2, 0.25) is 5.02 Å². The minimum Gasteiger partial charge on any atom is -0.495 e. The molecule has 4 rings (SSSR count). The van der Waals surface area contributed by atoms with Crippen LogP contribution in [0, 0.1) is 6.92 Å². The third kappa shape index (κ3) is 3.51. The number of rotatable bonds is 4. The van der Waals surface area contributed by atoms with E-state index in [0.29, 0.717) is 28.1 Å². The number of amides is 1. The molecule has 0 spiro atoms. The molecule has 0 saturated carbocycles. The van der Waals surface area contributed by atoms with E-state index >= 15 is 0 Å². The van der Waals surface area contributed by atoms with E-state index in [1.807, 2.05) is 30.0 Å². The molecule has 2 heterocycles. The summed E-state index contributed by atoms with van der Waals surface area (Å²) in [5, 5.41) is 3.25. The van der Waals surface area contributed by atoms with Crippen molar-refractivity contribution >= 4 is 34.8 Å². The number of hydrogen-bond donors (Lipinski definition) is 1. The van der Waals surface area contributed by atoms with E-state index in [-0.39, 0.29) is 5.91 Å². The van der Waals surface area contributed by atoms with Crippen molar-refractivity contribution in [2.24, 2.45) is 0 Å². The predicted octanol–water partition coefficient (Wildman–Crippen LogP) is 4.39. The molecule has 0 bridgehead atoms. The number of ether oxygens (including phenoxy) is 1. The number of para-hydroxylation sites is 1. The van der Waals surface area contributed by atoms with Gasteiger partial charge in [-0.15, -0.1) is 0 Å². The zero-order valence-electron chi connectivity index (χ0n) is 15.6. The Hall–Kier alpha value is -3.12. The first-order valence-electron chi connectivity index (χ1n) is 8.91. The third-order valence-electron chi connectivity index (χ3n) is 4.61.